The number of fused-ring (bicyclic) bond motifs is 1. The molecule has 0 unspecified atom stereocenters. The van der Waals surface area contributed by atoms with Crippen LogP contribution < -0.4 is 10.6 Å². The van der Waals surface area contributed by atoms with Crippen molar-refractivity contribution in [3.63, 3.8) is 0 Å². The van der Waals surface area contributed by atoms with Crippen LogP contribution in [-0.2, 0) is 4.79 Å². The molecule has 130 valence electrons. The molecule has 0 aliphatic rings. The summed E-state index contributed by atoms with van der Waals surface area (Å²) >= 11 is 1.27. The lowest BCUT2D eigenvalue weighted by atomic mass is 10.2. The highest BCUT2D eigenvalue weighted by molar-refractivity contribution is 7.99. The number of nitrogens with one attached hydrogen (secondary N) is 3. The Morgan fingerprint density at radius 3 is 2.69 bits per heavy atom. The molecule has 0 aliphatic carbocycles. The zero-order valence-corrected chi connectivity index (χ0v) is 14.7. The summed E-state index contributed by atoms with van der Waals surface area (Å²) in [4.78, 5) is 31.2. The molecule has 0 spiro atoms. The molecule has 2 amide bonds. The number of imidazole rings is 1. The SMILES string of the molecule is CNC(=O)c1ccc2nc(SCC(=O)Nc3ccc(C#N)cc3)[nH]c2c1. The number of H-pyrrole nitrogens is 1. The van der Waals surface area contributed by atoms with E-state index in [0.717, 1.165) is 11.0 Å². The minimum atomic E-state index is -0.175. The summed E-state index contributed by atoms with van der Waals surface area (Å²) in [5.74, 6) is -0.161. The van der Waals surface area contributed by atoms with E-state index >= 15 is 0 Å². The van der Waals surface area contributed by atoms with Crippen molar-refractivity contribution in [3.05, 3.63) is 53.6 Å². The van der Waals surface area contributed by atoms with Gasteiger partial charge in [0.25, 0.3) is 5.91 Å². The van der Waals surface area contributed by atoms with Crippen LogP contribution in [0.4, 0.5) is 5.69 Å². The summed E-state index contributed by atoms with van der Waals surface area (Å²) in [6.07, 6.45) is 0. The largest absolute Gasteiger partial charge is 0.355 e. The van der Waals surface area contributed by atoms with Gasteiger partial charge in [-0.3, -0.25) is 9.59 Å². The normalized spacial score (nSPS) is 10.3. The summed E-state index contributed by atoms with van der Waals surface area (Å²) in [5, 5.41) is 14.7. The Bertz CT molecular complexity index is 1000. The molecule has 0 bridgehead atoms. The number of thioether (sulfide) groups is 1. The lowest BCUT2D eigenvalue weighted by molar-refractivity contribution is -0.113. The Hall–Kier alpha value is -3.31. The van der Waals surface area contributed by atoms with Gasteiger partial charge in [-0.25, -0.2) is 4.98 Å². The molecule has 0 fully saturated rings. The Morgan fingerprint density at radius 2 is 2.00 bits per heavy atom. The number of aromatic amines is 1. The maximum absolute atomic E-state index is 12.0. The van der Waals surface area contributed by atoms with E-state index in [1.807, 2.05) is 6.07 Å². The quantitative estimate of drug-likeness (QED) is 0.602. The molecule has 26 heavy (non-hydrogen) atoms. The van der Waals surface area contributed by atoms with Gasteiger partial charge in [0, 0.05) is 18.3 Å². The van der Waals surface area contributed by atoms with Crippen LogP contribution in [0.2, 0.25) is 0 Å². The average Bonchev–Trinajstić information content (AvgIpc) is 3.08. The van der Waals surface area contributed by atoms with Crippen LogP contribution in [0.1, 0.15) is 15.9 Å². The first-order valence-electron chi connectivity index (χ1n) is 7.73. The molecule has 3 N–H and O–H groups in total. The summed E-state index contributed by atoms with van der Waals surface area (Å²) in [5.41, 5.74) is 3.18. The molecule has 0 saturated heterocycles. The number of carbonyl (C=O) groups is 2. The number of hydrogen-bond donors (Lipinski definition) is 3. The van der Waals surface area contributed by atoms with Crippen LogP contribution in [0.5, 0.6) is 0 Å². The van der Waals surface area contributed by atoms with E-state index in [2.05, 4.69) is 20.6 Å². The third-order valence-corrected chi connectivity index (χ3v) is 4.46. The Morgan fingerprint density at radius 1 is 1.23 bits per heavy atom. The van der Waals surface area contributed by atoms with Crippen LogP contribution in [0, 0.1) is 11.3 Å². The molecular formula is C18H15N5O2S. The van der Waals surface area contributed by atoms with Gasteiger partial charge in [0.15, 0.2) is 5.16 Å². The second-order valence-corrected chi connectivity index (χ2v) is 6.34. The molecular weight excluding hydrogens is 350 g/mol. The van der Waals surface area contributed by atoms with Crippen molar-refractivity contribution in [1.29, 1.82) is 5.26 Å². The van der Waals surface area contributed by atoms with Gasteiger partial charge in [0.2, 0.25) is 5.91 Å². The van der Waals surface area contributed by atoms with E-state index in [4.69, 9.17) is 5.26 Å². The number of rotatable bonds is 5. The highest BCUT2D eigenvalue weighted by Gasteiger charge is 2.10. The molecule has 0 aliphatic heterocycles. The van der Waals surface area contributed by atoms with Gasteiger partial charge in [-0.15, -0.1) is 0 Å². The minimum absolute atomic E-state index is 0.169. The van der Waals surface area contributed by atoms with Crippen molar-refractivity contribution in [3.8, 4) is 6.07 Å². The van der Waals surface area contributed by atoms with Gasteiger partial charge in [-0.2, -0.15) is 5.26 Å². The smallest absolute Gasteiger partial charge is 0.251 e. The number of aromatic nitrogens is 2. The van der Waals surface area contributed by atoms with E-state index in [1.165, 1.54) is 11.8 Å². The van der Waals surface area contributed by atoms with Gasteiger partial charge in [-0.1, -0.05) is 11.8 Å². The van der Waals surface area contributed by atoms with E-state index in [0.29, 0.717) is 22.0 Å². The lowest BCUT2D eigenvalue weighted by Crippen LogP contribution is -2.17. The zero-order chi connectivity index (χ0) is 18.5. The molecule has 7 nitrogen and oxygen atoms in total. The van der Waals surface area contributed by atoms with E-state index < -0.39 is 0 Å². The van der Waals surface area contributed by atoms with Crippen molar-refractivity contribution in [2.45, 2.75) is 5.16 Å². The zero-order valence-electron chi connectivity index (χ0n) is 13.9. The van der Waals surface area contributed by atoms with Crippen LogP contribution in [0.3, 0.4) is 0 Å². The van der Waals surface area contributed by atoms with Gasteiger partial charge in [-0.05, 0) is 42.5 Å². The van der Waals surface area contributed by atoms with Crippen LogP contribution in [0.15, 0.2) is 47.6 Å². The number of nitrogens with zero attached hydrogens (tertiary/aromatic N) is 2. The molecule has 2 aromatic carbocycles. The highest BCUT2D eigenvalue weighted by atomic mass is 32.2. The van der Waals surface area contributed by atoms with Gasteiger partial charge in [0.05, 0.1) is 28.4 Å². The number of carbonyl (C=O) groups excluding carboxylic acids is 2. The van der Waals surface area contributed by atoms with Crippen molar-refractivity contribution in [2.75, 3.05) is 18.1 Å². The Balaban J connectivity index is 1.62. The van der Waals surface area contributed by atoms with E-state index in [1.54, 1.807) is 49.5 Å². The van der Waals surface area contributed by atoms with E-state index in [9.17, 15) is 9.59 Å². The summed E-state index contributed by atoms with van der Waals surface area (Å²) < 4.78 is 0. The molecule has 0 saturated carbocycles. The van der Waals surface area contributed by atoms with Crippen molar-refractivity contribution in [2.24, 2.45) is 0 Å². The second-order valence-electron chi connectivity index (χ2n) is 5.38. The number of nitriles is 1. The molecule has 0 atom stereocenters. The predicted molar refractivity (Wildman–Crippen MR) is 100.0 cm³/mol. The first kappa shape index (κ1) is 17.5. The van der Waals surface area contributed by atoms with Crippen molar-refractivity contribution in [1.82, 2.24) is 15.3 Å². The van der Waals surface area contributed by atoms with E-state index in [-0.39, 0.29) is 17.6 Å². The average molecular weight is 365 g/mol. The number of benzene rings is 2. The first-order chi connectivity index (χ1) is 12.6. The Kier molecular flexibility index (Phi) is 5.20. The maximum atomic E-state index is 12.0. The van der Waals surface area contributed by atoms with Crippen molar-refractivity contribution < 1.29 is 9.59 Å². The fraction of sp³-hybridized carbons (Fsp3) is 0.111. The molecule has 1 aromatic heterocycles. The molecule has 3 aromatic rings. The number of hydrogen-bond acceptors (Lipinski definition) is 5. The lowest BCUT2D eigenvalue weighted by Gasteiger charge is -2.03. The highest BCUT2D eigenvalue weighted by Crippen LogP contribution is 2.21. The standard InChI is InChI=1S/C18H15N5O2S/c1-20-17(25)12-4-7-14-15(8-12)23-18(22-14)26-10-16(24)21-13-5-2-11(9-19)3-6-13/h2-8H,10H2,1H3,(H,20,25)(H,21,24)(H,22,23). The molecule has 0 radical (unpaired) electrons. The fourth-order valence-electron chi connectivity index (χ4n) is 2.30. The third kappa shape index (κ3) is 4.02. The molecule has 8 heteroatoms. The summed E-state index contributed by atoms with van der Waals surface area (Å²) in [7, 11) is 1.58. The summed E-state index contributed by atoms with van der Waals surface area (Å²) in [6, 6.07) is 13.9. The van der Waals surface area contributed by atoms with Gasteiger partial charge >= 0.3 is 0 Å². The van der Waals surface area contributed by atoms with Crippen LogP contribution in [0.25, 0.3) is 11.0 Å². The first-order valence-corrected chi connectivity index (χ1v) is 8.72. The van der Waals surface area contributed by atoms with Gasteiger partial charge in [0.1, 0.15) is 0 Å². The predicted octanol–water partition coefficient (Wildman–Crippen LogP) is 2.52. The molecule has 3 rings (SSSR count). The van der Waals surface area contributed by atoms with Crippen molar-refractivity contribution >= 4 is 40.3 Å². The third-order valence-electron chi connectivity index (χ3n) is 3.59. The maximum Gasteiger partial charge on any atom is 0.251 e. The second kappa shape index (κ2) is 7.72. The number of amides is 2. The molecule has 1 heterocycles. The van der Waals surface area contributed by atoms with Crippen LogP contribution in [-0.4, -0.2) is 34.6 Å². The van der Waals surface area contributed by atoms with Crippen LogP contribution >= 0.6 is 11.8 Å². The Labute approximate surface area is 153 Å². The number of anilines is 1. The monoisotopic (exact) mass is 365 g/mol. The topological polar surface area (TPSA) is 111 Å². The fourth-order valence-corrected chi connectivity index (χ4v) is 2.98. The summed E-state index contributed by atoms with van der Waals surface area (Å²) in [6.45, 7) is 0. The van der Waals surface area contributed by atoms with Gasteiger partial charge < -0.3 is 15.6 Å². The minimum Gasteiger partial charge on any atom is -0.355 e.